The standard InChI is InChI=1S/C15H25N7OS/c1-15(2,3)12-20-11(21-23-12)8-18-13(16-4)17-7-10-9-24-14(19-10)22(5)6/h9H,7-8H2,1-6H3,(H2,16,17,18). The first kappa shape index (κ1) is 18.2. The van der Waals surface area contributed by atoms with Crippen LogP contribution < -0.4 is 15.5 Å². The van der Waals surface area contributed by atoms with Gasteiger partial charge >= 0.3 is 0 Å². The van der Waals surface area contributed by atoms with E-state index in [0.717, 1.165) is 10.8 Å². The molecule has 0 fully saturated rings. The van der Waals surface area contributed by atoms with Crippen molar-refractivity contribution in [1.29, 1.82) is 0 Å². The number of rotatable bonds is 5. The van der Waals surface area contributed by atoms with Gasteiger partial charge in [-0.15, -0.1) is 11.3 Å². The normalized spacial score (nSPS) is 12.3. The van der Waals surface area contributed by atoms with Gasteiger partial charge in [-0.3, -0.25) is 4.99 Å². The van der Waals surface area contributed by atoms with Crippen molar-refractivity contribution < 1.29 is 4.52 Å². The third-order valence-electron chi connectivity index (χ3n) is 3.11. The monoisotopic (exact) mass is 351 g/mol. The third kappa shape index (κ3) is 4.92. The second-order valence-corrected chi connectivity index (χ2v) is 7.40. The molecule has 24 heavy (non-hydrogen) atoms. The lowest BCUT2D eigenvalue weighted by atomic mass is 9.97. The number of anilines is 1. The first-order chi connectivity index (χ1) is 11.3. The van der Waals surface area contributed by atoms with Crippen LogP contribution in [0.4, 0.5) is 5.13 Å². The van der Waals surface area contributed by atoms with E-state index < -0.39 is 0 Å². The topological polar surface area (TPSA) is 91.5 Å². The van der Waals surface area contributed by atoms with E-state index in [2.05, 4.69) is 30.8 Å². The average Bonchev–Trinajstić information content (AvgIpc) is 3.16. The van der Waals surface area contributed by atoms with Crippen LogP contribution in [0.5, 0.6) is 0 Å². The summed E-state index contributed by atoms with van der Waals surface area (Å²) in [5.74, 6) is 1.89. The van der Waals surface area contributed by atoms with Crippen molar-refractivity contribution in [3.05, 3.63) is 22.8 Å². The SMILES string of the molecule is CN=C(NCc1csc(N(C)C)n1)NCc1noc(C(C)(C)C)n1. The summed E-state index contributed by atoms with van der Waals surface area (Å²) in [4.78, 5) is 15.1. The molecule has 0 spiro atoms. The predicted molar refractivity (Wildman–Crippen MR) is 96.5 cm³/mol. The van der Waals surface area contributed by atoms with Crippen LogP contribution >= 0.6 is 11.3 Å². The molecule has 2 N–H and O–H groups in total. The summed E-state index contributed by atoms with van der Waals surface area (Å²) in [6.07, 6.45) is 0. The van der Waals surface area contributed by atoms with Crippen LogP contribution in [-0.4, -0.2) is 42.2 Å². The largest absolute Gasteiger partial charge is 0.354 e. The molecule has 2 heterocycles. The van der Waals surface area contributed by atoms with Crippen molar-refractivity contribution in [1.82, 2.24) is 25.8 Å². The maximum atomic E-state index is 5.27. The first-order valence-electron chi connectivity index (χ1n) is 7.69. The van der Waals surface area contributed by atoms with E-state index in [4.69, 9.17) is 4.52 Å². The zero-order chi connectivity index (χ0) is 17.7. The fraction of sp³-hybridized carbons (Fsp3) is 0.600. The second-order valence-electron chi connectivity index (χ2n) is 6.56. The molecule has 0 aliphatic carbocycles. The summed E-state index contributed by atoms with van der Waals surface area (Å²) in [6, 6.07) is 0. The van der Waals surface area contributed by atoms with Gasteiger partial charge in [0.2, 0.25) is 5.89 Å². The molecule has 0 aliphatic heterocycles. The third-order valence-corrected chi connectivity index (χ3v) is 4.16. The van der Waals surface area contributed by atoms with Crippen LogP contribution in [0, 0.1) is 0 Å². The van der Waals surface area contributed by atoms with Crippen LogP contribution in [0.1, 0.15) is 38.2 Å². The highest BCUT2D eigenvalue weighted by atomic mass is 32.1. The second kappa shape index (κ2) is 7.61. The minimum Gasteiger partial charge on any atom is -0.354 e. The molecule has 2 aromatic rings. The van der Waals surface area contributed by atoms with Crippen LogP contribution in [0.25, 0.3) is 0 Å². The molecular weight excluding hydrogens is 326 g/mol. The molecule has 0 radical (unpaired) electrons. The van der Waals surface area contributed by atoms with Crippen LogP contribution in [-0.2, 0) is 18.5 Å². The Morgan fingerprint density at radius 3 is 2.50 bits per heavy atom. The molecule has 132 valence electrons. The van der Waals surface area contributed by atoms with Gasteiger partial charge in [0.15, 0.2) is 16.9 Å². The van der Waals surface area contributed by atoms with Crippen molar-refractivity contribution in [2.24, 2.45) is 4.99 Å². The Morgan fingerprint density at radius 1 is 1.25 bits per heavy atom. The van der Waals surface area contributed by atoms with Gasteiger partial charge < -0.3 is 20.1 Å². The van der Waals surface area contributed by atoms with Crippen molar-refractivity contribution >= 4 is 22.4 Å². The van der Waals surface area contributed by atoms with Gasteiger partial charge in [0.1, 0.15) is 0 Å². The van der Waals surface area contributed by atoms with Gasteiger partial charge in [-0.2, -0.15) is 4.98 Å². The number of nitrogens with zero attached hydrogens (tertiary/aromatic N) is 5. The molecule has 0 unspecified atom stereocenters. The summed E-state index contributed by atoms with van der Waals surface area (Å²) in [6.45, 7) is 7.15. The number of aromatic nitrogens is 3. The maximum Gasteiger partial charge on any atom is 0.232 e. The number of aliphatic imine (C=N–C) groups is 1. The van der Waals surface area contributed by atoms with E-state index in [0.29, 0.717) is 30.8 Å². The summed E-state index contributed by atoms with van der Waals surface area (Å²) >= 11 is 1.61. The average molecular weight is 351 g/mol. The van der Waals surface area contributed by atoms with Gasteiger partial charge in [0.25, 0.3) is 0 Å². The Balaban J connectivity index is 1.85. The maximum absolute atomic E-state index is 5.27. The summed E-state index contributed by atoms with van der Waals surface area (Å²) in [7, 11) is 5.68. The molecule has 8 nitrogen and oxygen atoms in total. The van der Waals surface area contributed by atoms with Crippen LogP contribution in [0.2, 0.25) is 0 Å². The minimum absolute atomic E-state index is 0.153. The van der Waals surface area contributed by atoms with Gasteiger partial charge in [0.05, 0.1) is 18.8 Å². The Bertz CT molecular complexity index is 684. The van der Waals surface area contributed by atoms with E-state index in [9.17, 15) is 0 Å². The quantitative estimate of drug-likeness (QED) is 0.626. The lowest BCUT2D eigenvalue weighted by molar-refractivity contribution is 0.318. The molecule has 0 aliphatic rings. The fourth-order valence-corrected chi connectivity index (χ4v) is 2.53. The Kier molecular flexibility index (Phi) is 5.76. The summed E-state index contributed by atoms with van der Waals surface area (Å²) < 4.78 is 5.27. The van der Waals surface area contributed by atoms with Crippen LogP contribution in [0.15, 0.2) is 14.9 Å². The van der Waals surface area contributed by atoms with E-state index in [-0.39, 0.29) is 5.41 Å². The van der Waals surface area contributed by atoms with Crippen LogP contribution in [0.3, 0.4) is 0 Å². The Labute approximate surface area is 146 Å². The van der Waals surface area contributed by atoms with Crippen molar-refractivity contribution in [2.75, 3.05) is 26.0 Å². The number of nitrogens with one attached hydrogen (secondary N) is 2. The highest BCUT2D eigenvalue weighted by Gasteiger charge is 2.21. The smallest absolute Gasteiger partial charge is 0.232 e. The van der Waals surface area contributed by atoms with E-state index >= 15 is 0 Å². The zero-order valence-electron chi connectivity index (χ0n) is 15.0. The molecule has 2 rings (SSSR count). The van der Waals surface area contributed by atoms with Crippen molar-refractivity contribution in [3.63, 3.8) is 0 Å². The van der Waals surface area contributed by atoms with Gasteiger partial charge in [-0.05, 0) is 0 Å². The van der Waals surface area contributed by atoms with Crippen molar-refractivity contribution in [3.8, 4) is 0 Å². The molecule has 2 aromatic heterocycles. The molecule has 0 bridgehead atoms. The minimum atomic E-state index is -0.153. The molecule has 0 atom stereocenters. The van der Waals surface area contributed by atoms with E-state index in [1.807, 2.05) is 45.1 Å². The highest BCUT2D eigenvalue weighted by Crippen LogP contribution is 2.19. The molecule has 0 saturated carbocycles. The number of thiazole rings is 1. The van der Waals surface area contributed by atoms with Gasteiger partial charge in [-0.25, -0.2) is 4.98 Å². The lowest BCUT2D eigenvalue weighted by Gasteiger charge is -2.11. The summed E-state index contributed by atoms with van der Waals surface area (Å²) in [5, 5.41) is 13.4. The number of guanidine groups is 1. The molecule has 0 saturated heterocycles. The van der Waals surface area contributed by atoms with E-state index in [1.54, 1.807) is 18.4 Å². The molecule has 0 amide bonds. The van der Waals surface area contributed by atoms with E-state index in [1.165, 1.54) is 0 Å². The predicted octanol–water partition coefficient (Wildman–Crippen LogP) is 1.75. The lowest BCUT2D eigenvalue weighted by Crippen LogP contribution is -2.36. The molecule has 9 heteroatoms. The number of hydrogen-bond donors (Lipinski definition) is 2. The Hall–Kier alpha value is -2.16. The zero-order valence-corrected chi connectivity index (χ0v) is 15.9. The Morgan fingerprint density at radius 2 is 1.96 bits per heavy atom. The van der Waals surface area contributed by atoms with Gasteiger partial charge in [-0.1, -0.05) is 25.9 Å². The van der Waals surface area contributed by atoms with Crippen molar-refractivity contribution in [2.45, 2.75) is 39.3 Å². The highest BCUT2D eigenvalue weighted by molar-refractivity contribution is 7.13. The summed E-state index contributed by atoms with van der Waals surface area (Å²) in [5.41, 5.74) is 0.821. The molecule has 0 aromatic carbocycles. The number of hydrogen-bond acceptors (Lipinski definition) is 7. The fourth-order valence-electron chi connectivity index (χ4n) is 1.77. The molecular formula is C15H25N7OS. The van der Waals surface area contributed by atoms with Gasteiger partial charge in [0, 0.05) is 31.9 Å². The first-order valence-corrected chi connectivity index (χ1v) is 8.57.